The third-order valence-corrected chi connectivity index (χ3v) is 4.61. The number of nitrogens with zero attached hydrogens (tertiary/aromatic N) is 5. The first-order valence-electron chi connectivity index (χ1n) is 9.22. The first-order valence-corrected chi connectivity index (χ1v) is 9.22. The zero-order valence-corrected chi connectivity index (χ0v) is 15.9. The van der Waals surface area contributed by atoms with E-state index in [9.17, 15) is 4.39 Å². The smallest absolute Gasteiger partial charge is 0.229 e. The van der Waals surface area contributed by atoms with Gasteiger partial charge in [0.2, 0.25) is 5.95 Å². The quantitative estimate of drug-likeness (QED) is 0.730. The molecule has 1 aliphatic heterocycles. The van der Waals surface area contributed by atoms with Crippen molar-refractivity contribution in [3.63, 3.8) is 0 Å². The molecule has 0 saturated carbocycles. The van der Waals surface area contributed by atoms with Crippen LogP contribution in [0.4, 0.5) is 21.8 Å². The molecule has 146 valence electrons. The van der Waals surface area contributed by atoms with Crippen LogP contribution in [0.25, 0.3) is 11.1 Å². The molecule has 0 bridgehead atoms. The molecule has 1 fully saturated rings. The summed E-state index contributed by atoms with van der Waals surface area (Å²) >= 11 is 0. The number of nitriles is 1. The fraction of sp³-hybridized carbons (Fsp3) is 0.238. The fourth-order valence-electron chi connectivity index (χ4n) is 3.17. The van der Waals surface area contributed by atoms with E-state index in [1.54, 1.807) is 24.7 Å². The lowest BCUT2D eigenvalue weighted by atomic mass is 10.1. The zero-order chi connectivity index (χ0) is 20.2. The largest absolute Gasteiger partial charge is 0.378 e. The Morgan fingerprint density at radius 1 is 1.17 bits per heavy atom. The lowest BCUT2D eigenvalue weighted by molar-refractivity contribution is 0.122. The molecule has 0 radical (unpaired) electrons. The summed E-state index contributed by atoms with van der Waals surface area (Å²) in [7, 11) is 0. The van der Waals surface area contributed by atoms with Gasteiger partial charge in [-0.2, -0.15) is 10.2 Å². The average molecular weight is 390 g/mol. The van der Waals surface area contributed by atoms with Crippen molar-refractivity contribution < 1.29 is 9.13 Å². The van der Waals surface area contributed by atoms with Crippen LogP contribution in [0.15, 0.2) is 42.9 Å². The lowest BCUT2D eigenvalue weighted by Crippen LogP contribution is -2.37. The summed E-state index contributed by atoms with van der Waals surface area (Å²) in [4.78, 5) is 15.6. The summed E-state index contributed by atoms with van der Waals surface area (Å²) in [5.74, 6) is 0.586. The van der Waals surface area contributed by atoms with Gasteiger partial charge in [0.25, 0.3) is 0 Å². The second-order valence-corrected chi connectivity index (χ2v) is 6.71. The van der Waals surface area contributed by atoms with Crippen molar-refractivity contribution in [2.24, 2.45) is 0 Å². The van der Waals surface area contributed by atoms with Gasteiger partial charge in [0.05, 0.1) is 18.8 Å². The number of hydrogen-bond acceptors (Lipinski definition) is 7. The van der Waals surface area contributed by atoms with Crippen molar-refractivity contribution in [1.82, 2.24) is 15.0 Å². The van der Waals surface area contributed by atoms with Crippen molar-refractivity contribution in [2.75, 3.05) is 36.5 Å². The Morgan fingerprint density at radius 3 is 2.76 bits per heavy atom. The summed E-state index contributed by atoms with van der Waals surface area (Å²) in [6.45, 7) is 4.68. The molecule has 0 aliphatic carbocycles. The van der Waals surface area contributed by atoms with E-state index in [0.29, 0.717) is 24.8 Å². The van der Waals surface area contributed by atoms with Gasteiger partial charge >= 0.3 is 0 Å². The molecule has 1 aliphatic rings. The molecule has 29 heavy (non-hydrogen) atoms. The number of morpholine rings is 1. The van der Waals surface area contributed by atoms with E-state index in [2.05, 4.69) is 20.2 Å². The standard InChI is InChI=1S/C21H19FN6O/c1-14-8-16(12-24-11-14)18-13-25-21(27-20(18)28-4-6-29-7-5-28)26-17-2-3-19(22)15(9-17)10-23/h2-3,8-9,11-13H,4-7H2,1H3,(H,25,26,27). The Kier molecular flexibility index (Phi) is 5.31. The first kappa shape index (κ1) is 18.8. The molecule has 7 nitrogen and oxygen atoms in total. The predicted molar refractivity (Wildman–Crippen MR) is 107 cm³/mol. The van der Waals surface area contributed by atoms with Gasteiger partial charge in [-0.3, -0.25) is 4.98 Å². The minimum Gasteiger partial charge on any atom is -0.378 e. The van der Waals surface area contributed by atoms with E-state index >= 15 is 0 Å². The molecule has 3 aromatic rings. The van der Waals surface area contributed by atoms with Crippen molar-refractivity contribution in [3.8, 4) is 17.2 Å². The van der Waals surface area contributed by atoms with Gasteiger partial charge in [0.15, 0.2) is 0 Å². The van der Waals surface area contributed by atoms with Gasteiger partial charge < -0.3 is 15.0 Å². The van der Waals surface area contributed by atoms with Gasteiger partial charge in [-0.25, -0.2) is 9.37 Å². The summed E-state index contributed by atoms with van der Waals surface area (Å²) in [5, 5.41) is 12.1. The summed E-state index contributed by atoms with van der Waals surface area (Å²) in [5.41, 5.74) is 3.37. The van der Waals surface area contributed by atoms with E-state index in [1.807, 2.05) is 19.1 Å². The van der Waals surface area contributed by atoms with Crippen molar-refractivity contribution in [3.05, 3.63) is 59.8 Å². The molecule has 0 unspecified atom stereocenters. The van der Waals surface area contributed by atoms with Crippen LogP contribution < -0.4 is 10.2 Å². The second-order valence-electron chi connectivity index (χ2n) is 6.71. The Labute approximate surface area is 167 Å². The normalized spacial score (nSPS) is 13.8. The Bertz CT molecular complexity index is 1080. The highest BCUT2D eigenvalue weighted by Crippen LogP contribution is 2.31. The molecule has 0 atom stereocenters. The van der Waals surface area contributed by atoms with Gasteiger partial charge in [0.1, 0.15) is 17.7 Å². The molecule has 2 aromatic heterocycles. The van der Waals surface area contributed by atoms with E-state index in [-0.39, 0.29) is 5.56 Å². The number of rotatable bonds is 4. The number of hydrogen-bond donors (Lipinski definition) is 1. The van der Waals surface area contributed by atoms with Crippen molar-refractivity contribution >= 4 is 17.5 Å². The van der Waals surface area contributed by atoms with Crippen LogP contribution in [0.1, 0.15) is 11.1 Å². The summed E-state index contributed by atoms with van der Waals surface area (Å²) < 4.78 is 19.1. The third-order valence-electron chi connectivity index (χ3n) is 4.61. The number of anilines is 3. The number of ether oxygens (including phenoxy) is 1. The monoisotopic (exact) mass is 390 g/mol. The number of pyridine rings is 1. The average Bonchev–Trinajstić information content (AvgIpc) is 2.75. The van der Waals surface area contributed by atoms with Crippen molar-refractivity contribution in [2.45, 2.75) is 6.92 Å². The minimum atomic E-state index is -0.560. The van der Waals surface area contributed by atoms with E-state index in [0.717, 1.165) is 35.6 Å². The predicted octanol–water partition coefficient (Wildman–Crippen LogP) is 3.44. The third kappa shape index (κ3) is 4.15. The first-order chi connectivity index (χ1) is 14.1. The highest BCUT2D eigenvalue weighted by atomic mass is 19.1. The molecule has 4 rings (SSSR count). The van der Waals surface area contributed by atoms with E-state index in [4.69, 9.17) is 15.0 Å². The molecule has 1 saturated heterocycles. The number of benzene rings is 1. The van der Waals surface area contributed by atoms with E-state index < -0.39 is 5.82 Å². The molecule has 3 heterocycles. The maximum atomic E-state index is 13.6. The van der Waals surface area contributed by atoms with Gasteiger partial charge in [-0.15, -0.1) is 0 Å². The van der Waals surface area contributed by atoms with Crippen molar-refractivity contribution in [1.29, 1.82) is 5.26 Å². The lowest BCUT2D eigenvalue weighted by Gasteiger charge is -2.29. The molecule has 8 heteroatoms. The SMILES string of the molecule is Cc1cncc(-c2cnc(Nc3ccc(F)c(C#N)c3)nc2N2CCOCC2)c1. The van der Waals surface area contributed by atoms with Crippen LogP contribution >= 0.6 is 0 Å². The fourth-order valence-corrected chi connectivity index (χ4v) is 3.17. The van der Waals surface area contributed by atoms with E-state index in [1.165, 1.54) is 12.1 Å². The van der Waals surface area contributed by atoms with Gasteiger partial charge in [0, 0.05) is 48.5 Å². The zero-order valence-electron chi connectivity index (χ0n) is 15.9. The highest BCUT2D eigenvalue weighted by Gasteiger charge is 2.19. The van der Waals surface area contributed by atoms with Gasteiger partial charge in [-0.1, -0.05) is 0 Å². The number of aryl methyl sites for hydroxylation is 1. The molecule has 0 amide bonds. The van der Waals surface area contributed by atoms with Crippen LogP contribution in [0, 0.1) is 24.1 Å². The Morgan fingerprint density at radius 2 is 2.00 bits per heavy atom. The minimum absolute atomic E-state index is 0.0362. The van der Waals surface area contributed by atoms with Crippen LogP contribution in [0.5, 0.6) is 0 Å². The Hall–Kier alpha value is -3.57. The van der Waals surface area contributed by atoms with Crippen LogP contribution in [0.3, 0.4) is 0 Å². The topological polar surface area (TPSA) is 87.0 Å². The highest BCUT2D eigenvalue weighted by molar-refractivity contribution is 5.76. The molecule has 1 aromatic carbocycles. The van der Waals surface area contributed by atoms with Crippen LogP contribution in [-0.4, -0.2) is 41.3 Å². The molecule has 0 spiro atoms. The number of nitrogens with one attached hydrogen (secondary N) is 1. The Balaban J connectivity index is 1.72. The van der Waals surface area contributed by atoms with Gasteiger partial charge in [-0.05, 0) is 36.8 Å². The van der Waals surface area contributed by atoms with Crippen LogP contribution in [0.2, 0.25) is 0 Å². The summed E-state index contributed by atoms with van der Waals surface area (Å²) in [6, 6.07) is 8.11. The summed E-state index contributed by atoms with van der Waals surface area (Å²) in [6.07, 6.45) is 5.35. The molecular weight excluding hydrogens is 371 g/mol. The van der Waals surface area contributed by atoms with Crippen LogP contribution in [-0.2, 0) is 4.74 Å². The second kappa shape index (κ2) is 8.20. The molecular formula is C21H19FN6O. The number of aromatic nitrogens is 3. The number of halogens is 1. The molecule has 1 N–H and O–H groups in total. The maximum Gasteiger partial charge on any atom is 0.229 e. The maximum absolute atomic E-state index is 13.6.